The van der Waals surface area contributed by atoms with E-state index in [1.54, 1.807) is 11.5 Å². The van der Waals surface area contributed by atoms with Crippen molar-refractivity contribution in [3.8, 4) is 0 Å². The topological polar surface area (TPSA) is 88.3 Å². The molecule has 1 amide bonds. The van der Waals surface area contributed by atoms with E-state index in [-0.39, 0.29) is 11.7 Å². The summed E-state index contributed by atoms with van der Waals surface area (Å²) in [5.74, 6) is -0.333. The molecule has 2 rings (SSSR count). The molecule has 0 bridgehead atoms. The van der Waals surface area contributed by atoms with Gasteiger partial charge in [0.25, 0.3) is 0 Å². The van der Waals surface area contributed by atoms with Gasteiger partial charge in [0, 0.05) is 13.1 Å². The Morgan fingerprint density at radius 2 is 1.95 bits per heavy atom. The summed E-state index contributed by atoms with van der Waals surface area (Å²) >= 11 is 1.09. The van der Waals surface area contributed by atoms with Crippen molar-refractivity contribution >= 4 is 23.6 Å². The number of aromatic nitrogens is 3. The number of carboxylic acid groups (broad SMARTS) is 1. The Hall–Kier alpha value is -1.57. The number of piperidine rings is 1. The second-order valence-electron chi connectivity index (χ2n) is 5.14. The van der Waals surface area contributed by atoms with Crippen LogP contribution >= 0.6 is 11.8 Å². The van der Waals surface area contributed by atoms with Crippen LogP contribution in [0.1, 0.15) is 38.1 Å². The van der Waals surface area contributed by atoms with Crippen molar-refractivity contribution in [2.75, 3.05) is 18.8 Å². The molecule has 1 unspecified atom stereocenters. The molecule has 1 N–H and O–H groups in total. The van der Waals surface area contributed by atoms with Gasteiger partial charge in [-0.25, -0.2) is 0 Å². The average molecular weight is 312 g/mol. The highest BCUT2D eigenvalue weighted by molar-refractivity contribution is 7.99. The standard InChI is InChI=1S/C13H20N4O3S/c1-9(12(20)16-6-4-3-5-7-16)17-10(2)14-15-13(17)21-8-11(18)19/h9H,3-8H2,1-2H3,(H,18,19). The molecule has 116 valence electrons. The highest BCUT2D eigenvalue weighted by atomic mass is 32.2. The molecule has 1 aliphatic heterocycles. The van der Waals surface area contributed by atoms with Gasteiger partial charge in [0.2, 0.25) is 5.91 Å². The SMILES string of the molecule is Cc1nnc(SCC(=O)O)n1C(C)C(=O)N1CCCCC1. The number of thioether (sulfide) groups is 1. The third kappa shape index (κ3) is 3.75. The van der Waals surface area contributed by atoms with Crippen molar-refractivity contribution in [3.63, 3.8) is 0 Å². The first-order chi connectivity index (χ1) is 10.0. The van der Waals surface area contributed by atoms with E-state index in [4.69, 9.17) is 5.11 Å². The molecule has 1 atom stereocenters. The average Bonchev–Trinajstić information content (AvgIpc) is 2.85. The van der Waals surface area contributed by atoms with Crippen molar-refractivity contribution in [3.05, 3.63) is 5.82 Å². The van der Waals surface area contributed by atoms with E-state index in [0.29, 0.717) is 11.0 Å². The van der Waals surface area contributed by atoms with Crippen LogP contribution in [0.3, 0.4) is 0 Å². The number of hydrogen-bond donors (Lipinski definition) is 1. The first-order valence-corrected chi connectivity index (χ1v) is 8.04. The zero-order chi connectivity index (χ0) is 15.4. The number of carboxylic acids is 1. The van der Waals surface area contributed by atoms with E-state index in [0.717, 1.165) is 37.7 Å². The van der Waals surface area contributed by atoms with Crippen molar-refractivity contribution in [1.82, 2.24) is 19.7 Å². The molecule has 1 aliphatic rings. The van der Waals surface area contributed by atoms with E-state index in [2.05, 4.69) is 10.2 Å². The van der Waals surface area contributed by atoms with E-state index in [9.17, 15) is 9.59 Å². The molecular weight excluding hydrogens is 292 g/mol. The van der Waals surface area contributed by atoms with Crippen LogP contribution in [0, 0.1) is 6.92 Å². The summed E-state index contributed by atoms with van der Waals surface area (Å²) in [6.45, 7) is 5.18. The Bertz CT molecular complexity index is 525. The van der Waals surface area contributed by atoms with Crippen molar-refractivity contribution in [2.24, 2.45) is 0 Å². The number of aliphatic carboxylic acids is 1. The lowest BCUT2D eigenvalue weighted by Crippen LogP contribution is -2.40. The third-order valence-corrected chi connectivity index (χ3v) is 4.50. The van der Waals surface area contributed by atoms with Crippen LogP contribution in [0.5, 0.6) is 0 Å². The number of amides is 1. The van der Waals surface area contributed by atoms with Crippen molar-refractivity contribution in [2.45, 2.75) is 44.3 Å². The molecule has 7 nitrogen and oxygen atoms in total. The Morgan fingerprint density at radius 1 is 1.29 bits per heavy atom. The molecular formula is C13H20N4O3S. The first-order valence-electron chi connectivity index (χ1n) is 7.05. The number of likely N-dealkylation sites (tertiary alicyclic amines) is 1. The highest BCUT2D eigenvalue weighted by Crippen LogP contribution is 2.23. The van der Waals surface area contributed by atoms with Gasteiger partial charge in [-0.05, 0) is 33.1 Å². The number of hydrogen-bond acceptors (Lipinski definition) is 5. The quantitative estimate of drug-likeness (QED) is 0.825. The minimum absolute atomic E-state index is 0.0507. The fourth-order valence-corrected chi connectivity index (χ4v) is 3.29. The molecule has 21 heavy (non-hydrogen) atoms. The molecule has 1 aromatic rings. The lowest BCUT2D eigenvalue weighted by atomic mass is 10.1. The van der Waals surface area contributed by atoms with E-state index >= 15 is 0 Å². The van der Waals surface area contributed by atoms with Gasteiger partial charge >= 0.3 is 5.97 Å². The summed E-state index contributed by atoms with van der Waals surface area (Å²) < 4.78 is 1.73. The van der Waals surface area contributed by atoms with E-state index in [1.807, 2.05) is 11.8 Å². The molecule has 0 radical (unpaired) electrons. The molecule has 1 saturated heterocycles. The van der Waals surface area contributed by atoms with Gasteiger partial charge in [0.15, 0.2) is 5.16 Å². The van der Waals surface area contributed by atoms with Gasteiger partial charge in [-0.2, -0.15) is 0 Å². The normalized spacial score (nSPS) is 16.8. The fourth-order valence-electron chi connectivity index (χ4n) is 2.51. The largest absolute Gasteiger partial charge is 0.481 e. The molecule has 8 heteroatoms. The van der Waals surface area contributed by atoms with Crippen molar-refractivity contribution in [1.29, 1.82) is 0 Å². The van der Waals surface area contributed by atoms with Crippen LogP contribution < -0.4 is 0 Å². The second-order valence-corrected chi connectivity index (χ2v) is 6.09. The molecule has 0 aliphatic carbocycles. The van der Waals surface area contributed by atoms with Gasteiger partial charge in [0.1, 0.15) is 11.9 Å². The summed E-state index contributed by atoms with van der Waals surface area (Å²) in [6.07, 6.45) is 3.25. The van der Waals surface area contributed by atoms with Crippen LogP contribution in [0.2, 0.25) is 0 Å². The Balaban J connectivity index is 2.13. The maximum atomic E-state index is 12.6. The zero-order valence-electron chi connectivity index (χ0n) is 12.3. The molecule has 1 fully saturated rings. The molecule has 0 spiro atoms. The molecule has 1 aromatic heterocycles. The Labute approximate surface area is 127 Å². The van der Waals surface area contributed by atoms with Crippen LogP contribution in [0.25, 0.3) is 0 Å². The van der Waals surface area contributed by atoms with Crippen molar-refractivity contribution < 1.29 is 14.7 Å². The third-order valence-electron chi connectivity index (χ3n) is 3.57. The van der Waals surface area contributed by atoms with Crippen LogP contribution in [-0.4, -0.2) is 55.5 Å². The summed E-state index contributed by atoms with van der Waals surface area (Å²) in [4.78, 5) is 25.1. The number of nitrogens with zero attached hydrogens (tertiary/aromatic N) is 4. The van der Waals surface area contributed by atoms with Crippen LogP contribution in [0.15, 0.2) is 5.16 Å². The molecule has 2 heterocycles. The smallest absolute Gasteiger partial charge is 0.313 e. The number of rotatable bonds is 5. The van der Waals surface area contributed by atoms with E-state index in [1.165, 1.54) is 6.42 Å². The van der Waals surface area contributed by atoms with Crippen LogP contribution in [-0.2, 0) is 9.59 Å². The van der Waals surface area contributed by atoms with Gasteiger partial charge < -0.3 is 10.0 Å². The lowest BCUT2D eigenvalue weighted by molar-refractivity contribution is -0.135. The maximum Gasteiger partial charge on any atom is 0.313 e. The molecule has 0 saturated carbocycles. The molecule has 0 aromatic carbocycles. The van der Waals surface area contributed by atoms with Gasteiger partial charge in [0.05, 0.1) is 5.75 Å². The predicted molar refractivity (Wildman–Crippen MR) is 78.3 cm³/mol. The predicted octanol–water partition coefficient (Wildman–Crippen LogP) is 1.34. The van der Waals surface area contributed by atoms with Crippen LogP contribution in [0.4, 0.5) is 0 Å². The minimum Gasteiger partial charge on any atom is -0.481 e. The second kappa shape index (κ2) is 6.93. The fraction of sp³-hybridized carbons (Fsp3) is 0.692. The van der Waals surface area contributed by atoms with Gasteiger partial charge in [-0.3, -0.25) is 14.2 Å². The monoisotopic (exact) mass is 312 g/mol. The number of carbonyl (C=O) groups excluding carboxylic acids is 1. The minimum atomic E-state index is -0.915. The van der Waals surface area contributed by atoms with Gasteiger partial charge in [-0.1, -0.05) is 11.8 Å². The Morgan fingerprint density at radius 3 is 2.57 bits per heavy atom. The highest BCUT2D eigenvalue weighted by Gasteiger charge is 2.27. The maximum absolute atomic E-state index is 12.6. The summed E-state index contributed by atoms with van der Waals surface area (Å²) in [5.41, 5.74) is 0. The summed E-state index contributed by atoms with van der Waals surface area (Å²) in [6, 6.07) is -0.408. The lowest BCUT2D eigenvalue weighted by Gasteiger charge is -2.30. The zero-order valence-corrected chi connectivity index (χ0v) is 13.1. The number of aryl methyl sites for hydroxylation is 1. The van der Waals surface area contributed by atoms with Gasteiger partial charge in [-0.15, -0.1) is 10.2 Å². The summed E-state index contributed by atoms with van der Waals surface area (Å²) in [7, 11) is 0. The Kier molecular flexibility index (Phi) is 5.22. The first kappa shape index (κ1) is 15.8. The van der Waals surface area contributed by atoms with E-state index < -0.39 is 12.0 Å². The summed E-state index contributed by atoms with van der Waals surface area (Å²) in [5, 5.41) is 17.2. The number of carbonyl (C=O) groups is 2.